The number of carbonyl (C=O) groups is 1. The predicted molar refractivity (Wildman–Crippen MR) is 165 cm³/mol. The SMILES string of the molecule is CCCN1CCN(c2ccc3c(c2)C(NCCCCCCCCCCCNC(=O)OC(C)(C)C)CCC3)CC1. The molecule has 1 fully saturated rings. The fourth-order valence-corrected chi connectivity index (χ4v) is 6.01. The van der Waals surface area contributed by atoms with Gasteiger partial charge < -0.3 is 20.3 Å². The quantitative estimate of drug-likeness (QED) is 0.216. The highest BCUT2D eigenvalue weighted by Gasteiger charge is 2.22. The molecule has 1 aromatic carbocycles. The van der Waals surface area contributed by atoms with Crippen molar-refractivity contribution in [2.45, 2.75) is 123 Å². The zero-order chi connectivity index (χ0) is 27.9. The first kappa shape index (κ1) is 31.7. The van der Waals surface area contributed by atoms with Crippen molar-refractivity contribution in [3.8, 4) is 0 Å². The number of nitrogens with zero attached hydrogens (tertiary/aromatic N) is 2. The van der Waals surface area contributed by atoms with E-state index in [1.807, 2.05) is 20.8 Å². The number of amides is 1. The molecular formula is C33H58N4O2. The number of rotatable bonds is 16. The van der Waals surface area contributed by atoms with E-state index in [0.29, 0.717) is 12.6 Å². The number of alkyl carbamates (subject to hydrolysis) is 1. The maximum Gasteiger partial charge on any atom is 0.407 e. The molecule has 0 spiro atoms. The lowest BCUT2D eigenvalue weighted by Crippen LogP contribution is -2.46. The Balaban J connectivity index is 1.22. The van der Waals surface area contributed by atoms with E-state index >= 15 is 0 Å². The summed E-state index contributed by atoms with van der Waals surface area (Å²) in [5.41, 5.74) is 4.14. The van der Waals surface area contributed by atoms with Crippen molar-refractivity contribution < 1.29 is 9.53 Å². The van der Waals surface area contributed by atoms with Gasteiger partial charge in [-0.3, -0.25) is 4.90 Å². The van der Waals surface area contributed by atoms with Crippen molar-refractivity contribution in [2.75, 3.05) is 50.7 Å². The molecule has 2 aliphatic rings. The summed E-state index contributed by atoms with van der Waals surface area (Å²) in [6.45, 7) is 15.7. The number of fused-ring (bicyclic) bond motifs is 1. The molecule has 0 aromatic heterocycles. The van der Waals surface area contributed by atoms with Crippen LogP contribution >= 0.6 is 0 Å². The van der Waals surface area contributed by atoms with Gasteiger partial charge in [0.05, 0.1) is 0 Å². The summed E-state index contributed by atoms with van der Waals surface area (Å²) in [5, 5.41) is 6.77. The third-order valence-corrected chi connectivity index (χ3v) is 8.13. The van der Waals surface area contributed by atoms with Crippen LogP contribution in [-0.4, -0.2) is 62.4 Å². The lowest BCUT2D eigenvalue weighted by molar-refractivity contribution is 0.0527. The second-order valence-electron chi connectivity index (χ2n) is 12.7. The van der Waals surface area contributed by atoms with E-state index in [2.05, 4.69) is 45.6 Å². The fraction of sp³-hybridized carbons (Fsp3) is 0.788. The standard InChI is InChI=1S/C33H58N4O2/c1-5-22-36-23-25-37(26-24-36)29-19-18-28-16-15-17-31(30(28)27-29)34-20-13-11-9-7-6-8-10-12-14-21-35-32(38)39-33(2,3)4/h18-19,27,31,34H,5-17,20-26H2,1-4H3,(H,35,38). The van der Waals surface area contributed by atoms with Crippen molar-refractivity contribution in [1.82, 2.24) is 15.5 Å². The minimum Gasteiger partial charge on any atom is -0.444 e. The number of unbranched alkanes of at least 4 members (excludes halogenated alkanes) is 8. The average molecular weight is 543 g/mol. The van der Waals surface area contributed by atoms with Crippen LogP contribution in [0.5, 0.6) is 0 Å². The third-order valence-electron chi connectivity index (χ3n) is 8.13. The molecule has 1 aliphatic carbocycles. The highest BCUT2D eigenvalue weighted by atomic mass is 16.6. The van der Waals surface area contributed by atoms with Crippen molar-refractivity contribution in [2.24, 2.45) is 0 Å². The number of benzene rings is 1. The largest absolute Gasteiger partial charge is 0.444 e. The molecule has 1 atom stereocenters. The van der Waals surface area contributed by atoms with Crippen molar-refractivity contribution in [3.63, 3.8) is 0 Å². The normalized spacial score (nSPS) is 18.2. The van der Waals surface area contributed by atoms with Gasteiger partial charge in [-0.1, -0.05) is 57.9 Å². The Morgan fingerprint density at radius 1 is 0.923 bits per heavy atom. The molecule has 2 N–H and O–H groups in total. The number of piperazine rings is 1. The second-order valence-corrected chi connectivity index (χ2v) is 12.7. The Labute approximate surface area is 239 Å². The van der Waals surface area contributed by atoms with E-state index in [4.69, 9.17) is 4.74 Å². The van der Waals surface area contributed by atoms with Gasteiger partial charge in [0.15, 0.2) is 0 Å². The molecule has 0 bridgehead atoms. The van der Waals surface area contributed by atoms with Crippen LogP contribution in [0.15, 0.2) is 18.2 Å². The first-order valence-electron chi connectivity index (χ1n) is 16.2. The van der Waals surface area contributed by atoms with Crippen LogP contribution in [0, 0.1) is 0 Å². The molecule has 1 amide bonds. The van der Waals surface area contributed by atoms with Crippen LogP contribution < -0.4 is 15.5 Å². The van der Waals surface area contributed by atoms with E-state index in [1.54, 1.807) is 11.1 Å². The molecular weight excluding hydrogens is 484 g/mol. The number of hydrogen-bond acceptors (Lipinski definition) is 5. The Morgan fingerprint density at radius 3 is 2.21 bits per heavy atom. The van der Waals surface area contributed by atoms with Crippen LogP contribution in [0.3, 0.4) is 0 Å². The lowest BCUT2D eigenvalue weighted by Gasteiger charge is -2.37. The summed E-state index contributed by atoms with van der Waals surface area (Å²) in [7, 11) is 0. The summed E-state index contributed by atoms with van der Waals surface area (Å²) in [5.74, 6) is 0. The van der Waals surface area contributed by atoms with Crippen LogP contribution in [0.2, 0.25) is 0 Å². The number of aryl methyl sites for hydroxylation is 1. The van der Waals surface area contributed by atoms with Gasteiger partial charge in [0.25, 0.3) is 0 Å². The minimum atomic E-state index is -0.421. The van der Waals surface area contributed by atoms with Crippen LogP contribution in [-0.2, 0) is 11.2 Å². The third kappa shape index (κ3) is 12.1. The Kier molecular flexibility index (Phi) is 13.9. The minimum absolute atomic E-state index is 0.300. The fourth-order valence-electron chi connectivity index (χ4n) is 6.01. The van der Waals surface area contributed by atoms with Gasteiger partial charge in [0.2, 0.25) is 0 Å². The van der Waals surface area contributed by atoms with Gasteiger partial charge in [0, 0.05) is 44.5 Å². The van der Waals surface area contributed by atoms with Gasteiger partial charge in [-0.2, -0.15) is 0 Å². The van der Waals surface area contributed by atoms with Gasteiger partial charge >= 0.3 is 6.09 Å². The number of nitrogens with one attached hydrogen (secondary N) is 2. The van der Waals surface area contributed by atoms with E-state index in [1.165, 1.54) is 102 Å². The number of ether oxygens (including phenoxy) is 1. The first-order valence-corrected chi connectivity index (χ1v) is 16.2. The molecule has 0 radical (unpaired) electrons. The summed E-state index contributed by atoms with van der Waals surface area (Å²) in [4.78, 5) is 16.8. The average Bonchev–Trinajstić information content (AvgIpc) is 2.90. The zero-order valence-electron chi connectivity index (χ0n) is 25.7. The molecule has 1 aliphatic heterocycles. The van der Waals surface area contributed by atoms with Gasteiger partial charge in [-0.15, -0.1) is 0 Å². The van der Waals surface area contributed by atoms with Gasteiger partial charge in [-0.25, -0.2) is 4.79 Å². The van der Waals surface area contributed by atoms with Crippen molar-refractivity contribution >= 4 is 11.8 Å². The van der Waals surface area contributed by atoms with Crippen LogP contribution in [0.25, 0.3) is 0 Å². The maximum absolute atomic E-state index is 11.6. The summed E-state index contributed by atoms with van der Waals surface area (Å²) < 4.78 is 5.27. The number of anilines is 1. The van der Waals surface area contributed by atoms with E-state index in [-0.39, 0.29) is 6.09 Å². The van der Waals surface area contributed by atoms with Gasteiger partial charge in [-0.05, 0) is 95.6 Å². The smallest absolute Gasteiger partial charge is 0.407 e. The molecule has 3 rings (SSSR count). The van der Waals surface area contributed by atoms with Crippen molar-refractivity contribution in [3.05, 3.63) is 29.3 Å². The molecule has 1 saturated heterocycles. The number of hydrogen-bond donors (Lipinski definition) is 2. The molecule has 1 aromatic rings. The molecule has 39 heavy (non-hydrogen) atoms. The van der Waals surface area contributed by atoms with E-state index in [9.17, 15) is 4.79 Å². The van der Waals surface area contributed by atoms with Gasteiger partial charge in [0.1, 0.15) is 5.60 Å². The molecule has 0 saturated carbocycles. The molecule has 6 heteroatoms. The van der Waals surface area contributed by atoms with Crippen molar-refractivity contribution in [1.29, 1.82) is 0 Å². The van der Waals surface area contributed by atoms with Crippen LogP contribution in [0.1, 0.15) is 122 Å². The summed E-state index contributed by atoms with van der Waals surface area (Å²) in [6, 6.07) is 7.82. The maximum atomic E-state index is 11.6. The predicted octanol–water partition coefficient (Wildman–Crippen LogP) is 7.22. The Bertz CT molecular complexity index is 829. The second kappa shape index (κ2) is 17.1. The van der Waals surface area contributed by atoms with E-state index in [0.717, 1.165) is 26.1 Å². The topological polar surface area (TPSA) is 56.8 Å². The lowest BCUT2D eigenvalue weighted by atomic mass is 9.87. The Morgan fingerprint density at radius 2 is 1.56 bits per heavy atom. The molecule has 222 valence electrons. The molecule has 1 heterocycles. The zero-order valence-corrected chi connectivity index (χ0v) is 25.7. The summed E-state index contributed by atoms with van der Waals surface area (Å²) in [6.07, 6.45) is 16.2. The molecule has 6 nitrogen and oxygen atoms in total. The number of carbonyl (C=O) groups excluding carboxylic acids is 1. The Hall–Kier alpha value is -1.79. The molecule has 1 unspecified atom stereocenters. The first-order chi connectivity index (χ1) is 18.9. The monoisotopic (exact) mass is 542 g/mol. The van der Waals surface area contributed by atoms with E-state index < -0.39 is 5.60 Å². The van der Waals surface area contributed by atoms with Crippen LogP contribution in [0.4, 0.5) is 10.5 Å². The highest BCUT2D eigenvalue weighted by Crippen LogP contribution is 2.33. The highest BCUT2D eigenvalue weighted by molar-refractivity contribution is 5.67. The summed E-state index contributed by atoms with van der Waals surface area (Å²) >= 11 is 0.